The summed E-state index contributed by atoms with van der Waals surface area (Å²) in [5.41, 5.74) is 2.96. The first-order valence-corrected chi connectivity index (χ1v) is 8.18. The normalized spacial score (nSPS) is 10.3. The molecule has 27 heavy (non-hydrogen) atoms. The van der Waals surface area contributed by atoms with Gasteiger partial charge in [0.25, 0.3) is 11.8 Å². The molecule has 4 N–H and O–H groups in total. The Morgan fingerprint density at radius 2 is 1.44 bits per heavy atom. The molecule has 136 valence electrons. The predicted octanol–water partition coefficient (Wildman–Crippen LogP) is 2.60. The molecule has 0 fully saturated rings. The molecule has 7 nitrogen and oxygen atoms in total. The van der Waals surface area contributed by atoms with Crippen molar-refractivity contribution in [3.8, 4) is 0 Å². The summed E-state index contributed by atoms with van der Waals surface area (Å²) in [6.45, 7) is 0.178. The highest BCUT2D eigenvalue weighted by molar-refractivity contribution is 6.06. The van der Waals surface area contributed by atoms with E-state index in [1.165, 1.54) is 12.1 Å². The van der Waals surface area contributed by atoms with Gasteiger partial charge in [-0.3, -0.25) is 20.1 Å². The van der Waals surface area contributed by atoms with Gasteiger partial charge in [-0.15, -0.1) is 0 Å². The largest absolute Gasteiger partial charge is 0.334 e. The summed E-state index contributed by atoms with van der Waals surface area (Å²) in [6, 6.07) is 18.5. The maximum absolute atomic E-state index is 12.2. The summed E-state index contributed by atoms with van der Waals surface area (Å²) in [5, 5.41) is 15.4. The Hall–Kier alpha value is -3.71. The molecule has 0 saturated heterocycles. The number of amides is 4. The van der Waals surface area contributed by atoms with E-state index in [2.05, 4.69) is 10.6 Å². The Balaban J connectivity index is 1.56. The molecule has 3 rings (SSSR count). The molecule has 0 aliphatic heterocycles. The standard InChI is InChI=1S/C20H17N3O4/c24-18(17-10-9-14-3-1-2-4-16(14)11-17)22-20(26)21-12-13-5-7-15(8-6-13)19(25)23-27/h1-11,27H,12H2,(H,23,25)(H2,21,22,24,26). The van der Waals surface area contributed by atoms with Gasteiger partial charge >= 0.3 is 6.03 Å². The molecule has 0 bridgehead atoms. The van der Waals surface area contributed by atoms with Crippen LogP contribution in [0.2, 0.25) is 0 Å². The van der Waals surface area contributed by atoms with Gasteiger partial charge in [0.1, 0.15) is 0 Å². The lowest BCUT2D eigenvalue weighted by Gasteiger charge is -2.08. The van der Waals surface area contributed by atoms with Crippen molar-refractivity contribution in [2.24, 2.45) is 0 Å². The molecule has 0 aliphatic carbocycles. The highest BCUT2D eigenvalue weighted by atomic mass is 16.5. The zero-order chi connectivity index (χ0) is 19.2. The fraction of sp³-hybridized carbons (Fsp3) is 0.0500. The van der Waals surface area contributed by atoms with Crippen LogP contribution in [0.15, 0.2) is 66.7 Å². The molecule has 0 saturated carbocycles. The van der Waals surface area contributed by atoms with Gasteiger partial charge in [0.05, 0.1) is 0 Å². The van der Waals surface area contributed by atoms with Gasteiger partial charge in [0.15, 0.2) is 0 Å². The second-order valence-electron chi connectivity index (χ2n) is 5.84. The van der Waals surface area contributed by atoms with Gasteiger partial charge in [-0.1, -0.05) is 42.5 Å². The molecule has 0 aromatic heterocycles. The second kappa shape index (κ2) is 8.11. The molecule has 3 aromatic carbocycles. The number of nitrogens with one attached hydrogen (secondary N) is 3. The lowest BCUT2D eigenvalue weighted by atomic mass is 10.1. The number of hydrogen-bond acceptors (Lipinski definition) is 4. The van der Waals surface area contributed by atoms with Crippen molar-refractivity contribution < 1.29 is 19.6 Å². The topological polar surface area (TPSA) is 108 Å². The average molecular weight is 363 g/mol. The quantitative estimate of drug-likeness (QED) is 0.422. The number of urea groups is 1. The minimum absolute atomic E-state index is 0.178. The number of fused-ring (bicyclic) bond motifs is 1. The third kappa shape index (κ3) is 4.47. The van der Waals surface area contributed by atoms with Gasteiger partial charge in [-0.2, -0.15) is 0 Å². The zero-order valence-electron chi connectivity index (χ0n) is 14.2. The van der Waals surface area contributed by atoms with E-state index in [0.717, 1.165) is 16.3 Å². The first-order valence-electron chi connectivity index (χ1n) is 8.18. The molecule has 7 heteroatoms. The first kappa shape index (κ1) is 18.1. The summed E-state index contributed by atoms with van der Waals surface area (Å²) in [5.74, 6) is -1.11. The molecule has 0 radical (unpaired) electrons. The van der Waals surface area contributed by atoms with Crippen molar-refractivity contribution in [2.45, 2.75) is 6.54 Å². The van der Waals surface area contributed by atoms with E-state index in [0.29, 0.717) is 5.56 Å². The van der Waals surface area contributed by atoms with Crippen LogP contribution < -0.4 is 16.1 Å². The number of carbonyl (C=O) groups excluding carboxylic acids is 3. The number of hydroxylamine groups is 1. The smallest absolute Gasteiger partial charge is 0.321 e. The van der Waals surface area contributed by atoms with E-state index in [1.54, 1.807) is 29.7 Å². The molecule has 0 atom stereocenters. The van der Waals surface area contributed by atoms with Crippen LogP contribution in [0, 0.1) is 0 Å². The maximum Gasteiger partial charge on any atom is 0.321 e. The van der Waals surface area contributed by atoms with E-state index in [1.807, 2.05) is 30.3 Å². The molecule has 0 aliphatic rings. The van der Waals surface area contributed by atoms with Crippen molar-refractivity contribution in [3.63, 3.8) is 0 Å². The summed E-state index contributed by atoms with van der Waals surface area (Å²) < 4.78 is 0. The predicted molar refractivity (Wildman–Crippen MR) is 99.3 cm³/mol. The van der Waals surface area contributed by atoms with Crippen LogP contribution in [0.5, 0.6) is 0 Å². The van der Waals surface area contributed by atoms with E-state index in [9.17, 15) is 14.4 Å². The van der Waals surface area contributed by atoms with Crippen LogP contribution in [0.1, 0.15) is 26.3 Å². The zero-order valence-corrected chi connectivity index (χ0v) is 14.2. The van der Waals surface area contributed by atoms with E-state index >= 15 is 0 Å². The third-order valence-electron chi connectivity index (χ3n) is 4.01. The van der Waals surface area contributed by atoms with Crippen molar-refractivity contribution >= 4 is 28.6 Å². The Morgan fingerprint density at radius 1 is 0.778 bits per heavy atom. The van der Waals surface area contributed by atoms with E-state index < -0.39 is 17.8 Å². The highest BCUT2D eigenvalue weighted by Gasteiger charge is 2.11. The van der Waals surface area contributed by atoms with Gasteiger partial charge in [-0.25, -0.2) is 10.3 Å². The monoisotopic (exact) mass is 363 g/mol. The Bertz CT molecular complexity index is 1000. The van der Waals surface area contributed by atoms with Crippen molar-refractivity contribution in [1.82, 2.24) is 16.1 Å². The van der Waals surface area contributed by atoms with E-state index in [4.69, 9.17) is 5.21 Å². The molecule has 4 amide bonds. The number of rotatable bonds is 4. The first-order chi connectivity index (χ1) is 13.1. The number of hydrogen-bond donors (Lipinski definition) is 4. The van der Waals surface area contributed by atoms with Crippen LogP contribution in [-0.4, -0.2) is 23.1 Å². The van der Waals surface area contributed by atoms with Crippen molar-refractivity contribution in [3.05, 3.63) is 83.4 Å². The van der Waals surface area contributed by atoms with Crippen molar-refractivity contribution in [1.29, 1.82) is 0 Å². The summed E-state index contributed by atoms with van der Waals surface area (Å²) >= 11 is 0. The molecule has 0 unspecified atom stereocenters. The van der Waals surface area contributed by atoms with E-state index in [-0.39, 0.29) is 12.1 Å². The molecular weight excluding hydrogens is 346 g/mol. The molecule has 3 aromatic rings. The lowest BCUT2D eigenvalue weighted by Crippen LogP contribution is -2.39. The SMILES string of the molecule is O=C(NCc1ccc(C(=O)NO)cc1)NC(=O)c1ccc2ccccc2c1. The third-order valence-corrected chi connectivity index (χ3v) is 4.01. The summed E-state index contributed by atoms with van der Waals surface area (Å²) in [6.07, 6.45) is 0. The number of benzene rings is 3. The number of imide groups is 1. The fourth-order valence-corrected chi connectivity index (χ4v) is 2.57. The van der Waals surface area contributed by atoms with Crippen LogP contribution in [-0.2, 0) is 6.54 Å². The Morgan fingerprint density at radius 3 is 2.15 bits per heavy atom. The van der Waals surface area contributed by atoms with Gasteiger partial charge < -0.3 is 5.32 Å². The Labute approximate surface area is 155 Å². The van der Waals surface area contributed by atoms with Gasteiger partial charge in [-0.05, 0) is 40.6 Å². The molecule has 0 spiro atoms. The number of carbonyl (C=O) groups is 3. The van der Waals surface area contributed by atoms with Crippen LogP contribution in [0.3, 0.4) is 0 Å². The summed E-state index contributed by atoms with van der Waals surface area (Å²) in [4.78, 5) is 35.4. The second-order valence-corrected chi connectivity index (χ2v) is 5.84. The minimum atomic E-state index is -0.620. The molecular formula is C20H17N3O4. The van der Waals surface area contributed by atoms with Crippen LogP contribution in [0.4, 0.5) is 4.79 Å². The fourth-order valence-electron chi connectivity index (χ4n) is 2.57. The van der Waals surface area contributed by atoms with Crippen LogP contribution in [0.25, 0.3) is 10.8 Å². The average Bonchev–Trinajstić information content (AvgIpc) is 2.71. The lowest BCUT2D eigenvalue weighted by molar-refractivity contribution is 0.0706. The highest BCUT2D eigenvalue weighted by Crippen LogP contribution is 2.15. The minimum Gasteiger partial charge on any atom is -0.334 e. The van der Waals surface area contributed by atoms with Gasteiger partial charge in [0.2, 0.25) is 0 Å². The van der Waals surface area contributed by atoms with Gasteiger partial charge in [0, 0.05) is 17.7 Å². The maximum atomic E-state index is 12.2. The van der Waals surface area contributed by atoms with Crippen molar-refractivity contribution in [2.75, 3.05) is 0 Å². The summed E-state index contributed by atoms with van der Waals surface area (Å²) in [7, 11) is 0. The Kier molecular flexibility index (Phi) is 5.44. The van der Waals surface area contributed by atoms with Crippen LogP contribution >= 0.6 is 0 Å². The molecule has 0 heterocycles.